The average molecular weight is 418 g/mol. The lowest BCUT2D eigenvalue weighted by molar-refractivity contribution is -0.394. The van der Waals surface area contributed by atoms with Crippen LogP contribution < -0.4 is 10.1 Å². The molecule has 3 aromatic carbocycles. The third-order valence-corrected chi connectivity index (χ3v) is 4.58. The molecule has 0 aliphatic rings. The van der Waals surface area contributed by atoms with Gasteiger partial charge in [-0.15, -0.1) is 0 Å². The molecule has 0 spiro atoms. The van der Waals surface area contributed by atoms with E-state index in [0.29, 0.717) is 17.0 Å². The largest absolute Gasteiger partial charge is 0.449 e. The van der Waals surface area contributed by atoms with Crippen molar-refractivity contribution in [1.29, 1.82) is 5.26 Å². The molecule has 9 nitrogen and oxygen atoms in total. The molecular weight excluding hydrogens is 400 g/mol. The molecule has 0 unspecified atom stereocenters. The highest BCUT2D eigenvalue weighted by Crippen LogP contribution is 2.42. The molecule has 0 heterocycles. The lowest BCUT2D eigenvalue weighted by Gasteiger charge is -2.14. The molecule has 1 N–H and O–H groups in total. The van der Waals surface area contributed by atoms with Gasteiger partial charge in [-0.1, -0.05) is 17.7 Å². The lowest BCUT2D eigenvalue weighted by atomic mass is 10.1. The summed E-state index contributed by atoms with van der Waals surface area (Å²) < 4.78 is 5.89. The van der Waals surface area contributed by atoms with Gasteiger partial charge in [0.1, 0.15) is 17.5 Å². The molecule has 31 heavy (non-hydrogen) atoms. The van der Waals surface area contributed by atoms with Crippen molar-refractivity contribution in [3.05, 3.63) is 91.0 Å². The third-order valence-electron chi connectivity index (χ3n) is 4.58. The van der Waals surface area contributed by atoms with E-state index in [0.717, 1.165) is 22.8 Å². The van der Waals surface area contributed by atoms with Gasteiger partial charge in [-0.25, -0.2) is 0 Å². The Hall–Kier alpha value is -4.45. The zero-order chi connectivity index (χ0) is 22.7. The van der Waals surface area contributed by atoms with Crippen LogP contribution in [0.15, 0.2) is 48.5 Å². The van der Waals surface area contributed by atoms with Crippen molar-refractivity contribution in [3.8, 4) is 17.6 Å². The third kappa shape index (κ3) is 4.59. The molecule has 0 atom stereocenters. The Labute approximate surface area is 177 Å². The average Bonchev–Trinajstić information content (AvgIpc) is 2.70. The van der Waals surface area contributed by atoms with Gasteiger partial charge in [0.05, 0.1) is 21.5 Å². The van der Waals surface area contributed by atoms with Crippen molar-refractivity contribution in [2.75, 3.05) is 5.32 Å². The Bertz CT molecular complexity index is 1210. The first-order chi connectivity index (χ1) is 14.7. The van der Waals surface area contributed by atoms with E-state index < -0.39 is 21.2 Å². The first kappa shape index (κ1) is 21.3. The minimum absolute atomic E-state index is 0.0257. The Morgan fingerprint density at radius 2 is 1.48 bits per heavy atom. The summed E-state index contributed by atoms with van der Waals surface area (Å²) in [5.41, 5.74) is 2.53. The van der Waals surface area contributed by atoms with Crippen molar-refractivity contribution in [2.45, 2.75) is 20.8 Å². The van der Waals surface area contributed by atoms with Gasteiger partial charge in [0.15, 0.2) is 0 Å². The van der Waals surface area contributed by atoms with E-state index in [-0.39, 0.29) is 11.4 Å². The number of nitrogens with one attached hydrogen (secondary N) is 1. The van der Waals surface area contributed by atoms with Crippen molar-refractivity contribution in [2.24, 2.45) is 0 Å². The zero-order valence-corrected chi connectivity index (χ0v) is 17.0. The van der Waals surface area contributed by atoms with Gasteiger partial charge in [0.2, 0.25) is 5.75 Å². The van der Waals surface area contributed by atoms with Crippen molar-refractivity contribution >= 4 is 22.7 Å². The highest BCUT2D eigenvalue weighted by Gasteiger charge is 2.27. The second-order valence-electron chi connectivity index (χ2n) is 7.00. The van der Waals surface area contributed by atoms with Crippen LogP contribution in [0.4, 0.5) is 22.7 Å². The second-order valence-corrected chi connectivity index (χ2v) is 7.00. The van der Waals surface area contributed by atoms with Gasteiger partial charge in [-0.2, -0.15) is 5.26 Å². The number of benzene rings is 3. The number of nitro groups is 2. The summed E-state index contributed by atoms with van der Waals surface area (Å²) in [4.78, 5) is 21.7. The summed E-state index contributed by atoms with van der Waals surface area (Å²) in [7, 11) is 0. The fourth-order valence-corrected chi connectivity index (χ4v) is 3.25. The van der Waals surface area contributed by atoms with E-state index in [9.17, 15) is 20.2 Å². The van der Waals surface area contributed by atoms with Crippen LogP contribution in [0, 0.1) is 52.3 Å². The SMILES string of the molecule is Cc1cc(C)c(Oc2cc(Nc3ccc(C#N)cc3)c([N+](=O)[O-])cc2[N+](=O)[O-])c(C)c1. The van der Waals surface area contributed by atoms with Gasteiger partial charge < -0.3 is 10.1 Å². The number of rotatable bonds is 6. The Balaban J connectivity index is 2.11. The topological polar surface area (TPSA) is 131 Å². The number of nitrogens with zero attached hydrogens (tertiary/aromatic N) is 3. The standard InChI is InChI=1S/C22H18N4O5/c1-13-8-14(2)22(15(3)9-13)31-21-10-18(19(25(27)28)11-20(21)26(29)30)24-17-6-4-16(12-23)5-7-17/h4-11,24H,1-3H3. The van der Waals surface area contributed by atoms with Gasteiger partial charge in [-0.05, 0) is 56.2 Å². The predicted molar refractivity (Wildman–Crippen MR) is 115 cm³/mol. The predicted octanol–water partition coefficient (Wildman–Crippen LogP) is 5.84. The molecule has 0 saturated carbocycles. The molecule has 0 aliphatic heterocycles. The normalized spacial score (nSPS) is 10.3. The van der Waals surface area contributed by atoms with E-state index in [2.05, 4.69) is 5.32 Å². The summed E-state index contributed by atoms with van der Waals surface area (Å²) in [5.74, 6) is 0.327. The van der Waals surface area contributed by atoms with Crippen LogP contribution in [0.1, 0.15) is 22.3 Å². The van der Waals surface area contributed by atoms with Crippen molar-refractivity contribution in [3.63, 3.8) is 0 Å². The Morgan fingerprint density at radius 1 is 0.903 bits per heavy atom. The zero-order valence-electron chi connectivity index (χ0n) is 17.0. The number of aryl methyl sites for hydroxylation is 3. The molecule has 0 aromatic heterocycles. The highest BCUT2D eigenvalue weighted by molar-refractivity contribution is 5.75. The van der Waals surface area contributed by atoms with Crippen LogP contribution in [0.3, 0.4) is 0 Å². The molecule has 9 heteroatoms. The number of hydrogen-bond donors (Lipinski definition) is 1. The maximum Gasteiger partial charge on any atom is 0.318 e. The van der Waals surface area contributed by atoms with Crippen molar-refractivity contribution in [1.82, 2.24) is 0 Å². The molecule has 3 aromatic rings. The Morgan fingerprint density at radius 3 is 2.00 bits per heavy atom. The van der Waals surface area contributed by atoms with Crippen LogP contribution >= 0.6 is 0 Å². The molecule has 0 fully saturated rings. The first-order valence-electron chi connectivity index (χ1n) is 9.19. The molecule has 0 aliphatic carbocycles. The van der Waals surface area contributed by atoms with E-state index >= 15 is 0 Å². The summed E-state index contributed by atoms with van der Waals surface area (Å²) >= 11 is 0. The first-order valence-corrected chi connectivity index (χ1v) is 9.19. The van der Waals surface area contributed by atoms with Crippen LogP contribution in [-0.4, -0.2) is 9.85 Å². The van der Waals surface area contributed by atoms with E-state index in [1.54, 1.807) is 24.3 Å². The summed E-state index contributed by atoms with van der Waals surface area (Å²) in [6.07, 6.45) is 0. The molecule has 0 radical (unpaired) electrons. The molecule has 156 valence electrons. The summed E-state index contributed by atoms with van der Waals surface area (Å²) in [6.45, 7) is 5.57. The monoisotopic (exact) mass is 418 g/mol. The second kappa shape index (κ2) is 8.51. The molecule has 0 saturated heterocycles. The number of hydrogen-bond acceptors (Lipinski definition) is 7. The van der Waals surface area contributed by atoms with Gasteiger partial charge in [0.25, 0.3) is 5.69 Å². The van der Waals surface area contributed by atoms with Crippen LogP contribution in [0.25, 0.3) is 0 Å². The van der Waals surface area contributed by atoms with E-state index in [1.807, 2.05) is 39.0 Å². The van der Waals surface area contributed by atoms with E-state index in [4.69, 9.17) is 10.00 Å². The number of nitriles is 1. The van der Waals surface area contributed by atoms with Gasteiger partial charge in [-0.3, -0.25) is 20.2 Å². The maximum absolute atomic E-state index is 11.6. The van der Waals surface area contributed by atoms with Crippen LogP contribution in [0.2, 0.25) is 0 Å². The molecule has 0 amide bonds. The fourth-order valence-electron chi connectivity index (χ4n) is 3.25. The smallest absolute Gasteiger partial charge is 0.318 e. The lowest BCUT2D eigenvalue weighted by Crippen LogP contribution is -2.02. The molecule has 0 bridgehead atoms. The van der Waals surface area contributed by atoms with E-state index in [1.165, 1.54) is 6.07 Å². The molecule has 3 rings (SSSR count). The minimum Gasteiger partial charge on any atom is -0.449 e. The highest BCUT2D eigenvalue weighted by atomic mass is 16.6. The Kier molecular flexibility index (Phi) is 5.83. The number of nitro benzene ring substituents is 2. The van der Waals surface area contributed by atoms with Crippen LogP contribution in [-0.2, 0) is 0 Å². The van der Waals surface area contributed by atoms with Gasteiger partial charge >= 0.3 is 5.69 Å². The minimum atomic E-state index is -0.716. The fraction of sp³-hybridized carbons (Fsp3) is 0.136. The van der Waals surface area contributed by atoms with Crippen molar-refractivity contribution < 1.29 is 14.6 Å². The summed E-state index contributed by atoms with van der Waals surface area (Å²) in [5, 5.41) is 35.0. The summed E-state index contributed by atoms with van der Waals surface area (Å²) in [6, 6.07) is 14.1. The van der Waals surface area contributed by atoms with Crippen LogP contribution in [0.5, 0.6) is 11.5 Å². The number of ether oxygens (including phenoxy) is 1. The quantitative estimate of drug-likeness (QED) is 0.393. The molecular formula is C22H18N4O5. The van der Waals surface area contributed by atoms with Gasteiger partial charge in [0, 0.05) is 11.8 Å². The number of anilines is 2. The maximum atomic E-state index is 11.6.